The van der Waals surface area contributed by atoms with E-state index in [0.29, 0.717) is 21.6 Å². The minimum atomic E-state index is -0.0959. The molecule has 0 fully saturated rings. The Kier molecular flexibility index (Phi) is 3.81. The van der Waals surface area contributed by atoms with Crippen molar-refractivity contribution in [1.29, 1.82) is 5.26 Å². The number of ketones is 1. The molecular weight excluding hydrogens is 330 g/mol. The number of para-hydroxylation sites is 1. The van der Waals surface area contributed by atoms with Gasteiger partial charge in [0.05, 0.1) is 27.5 Å². The predicted molar refractivity (Wildman–Crippen MR) is 97.4 cm³/mol. The third-order valence-electron chi connectivity index (χ3n) is 3.98. The van der Waals surface area contributed by atoms with Gasteiger partial charge in [-0.25, -0.2) is 0 Å². The van der Waals surface area contributed by atoms with Crippen molar-refractivity contribution >= 4 is 28.0 Å². The Morgan fingerprint density at radius 2 is 1.96 bits per heavy atom. The Labute approximate surface area is 148 Å². The molecule has 0 amide bonds. The molecule has 0 unspecified atom stereocenters. The summed E-state index contributed by atoms with van der Waals surface area (Å²) in [6, 6.07) is 17.0. The molecule has 0 spiro atoms. The van der Waals surface area contributed by atoms with Crippen LogP contribution in [0.2, 0.25) is 0 Å². The fraction of sp³-hybridized carbons (Fsp3) is 0. The molecule has 4 nitrogen and oxygen atoms in total. The van der Waals surface area contributed by atoms with Gasteiger partial charge in [-0.3, -0.25) is 14.8 Å². The van der Waals surface area contributed by atoms with Crippen molar-refractivity contribution in [1.82, 2.24) is 9.97 Å². The molecule has 2 aromatic carbocycles. The maximum absolute atomic E-state index is 12.6. The van der Waals surface area contributed by atoms with Crippen LogP contribution < -0.4 is 0 Å². The minimum Gasteiger partial charge on any atom is -0.288 e. The lowest BCUT2D eigenvalue weighted by Gasteiger charge is -2.09. The largest absolute Gasteiger partial charge is 0.288 e. The van der Waals surface area contributed by atoms with Crippen molar-refractivity contribution in [2.75, 3.05) is 0 Å². The second-order valence-corrected chi connectivity index (χ2v) is 6.33. The number of rotatable bonds is 3. The summed E-state index contributed by atoms with van der Waals surface area (Å²) in [6.45, 7) is 0. The smallest absolute Gasteiger partial charge is 0.204 e. The zero-order chi connectivity index (χ0) is 17.2. The van der Waals surface area contributed by atoms with E-state index in [9.17, 15) is 10.1 Å². The van der Waals surface area contributed by atoms with Crippen LogP contribution in [0.3, 0.4) is 0 Å². The number of nitriles is 1. The molecule has 0 saturated heterocycles. The van der Waals surface area contributed by atoms with Gasteiger partial charge >= 0.3 is 0 Å². The maximum atomic E-state index is 12.6. The van der Waals surface area contributed by atoms with Crippen LogP contribution in [0.15, 0.2) is 66.4 Å². The summed E-state index contributed by atoms with van der Waals surface area (Å²) in [4.78, 5) is 21.6. The molecular formula is C20H11N3OS. The third-order valence-corrected chi connectivity index (χ3v) is 4.75. The summed E-state index contributed by atoms with van der Waals surface area (Å²) in [6.07, 6.45) is 3.29. The number of carbonyl (C=O) groups excluding carboxylic acids is 1. The first kappa shape index (κ1) is 15.2. The molecule has 0 atom stereocenters. The van der Waals surface area contributed by atoms with E-state index >= 15 is 0 Å². The molecule has 0 aliphatic carbocycles. The van der Waals surface area contributed by atoms with Crippen molar-refractivity contribution < 1.29 is 4.79 Å². The quantitative estimate of drug-likeness (QED) is 0.516. The van der Waals surface area contributed by atoms with E-state index in [1.165, 1.54) is 11.3 Å². The summed E-state index contributed by atoms with van der Waals surface area (Å²) in [5.41, 5.74) is 5.04. The van der Waals surface area contributed by atoms with Crippen molar-refractivity contribution in [2.45, 2.75) is 0 Å². The van der Waals surface area contributed by atoms with Crippen molar-refractivity contribution in [3.05, 3.63) is 82.4 Å². The maximum Gasteiger partial charge on any atom is 0.204 e. The van der Waals surface area contributed by atoms with E-state index < -0.39 is 0 Å². The molecule has 0 bridgehead atoms. The predicted octanol–water partition coefficient (Wildman–Crippen LogP) is 4.46. The number of benzene rings is 2. The van der Waals surface area contributed by atoms with E-state index in [4.69, 9.17) is 0 Å². The van der Waals surface area contributed by atoms with Crippen molar-refractivity contribution in [3.8, 4) is 17.2 Å². The molecule has 0 N–H and O–H groups in total. The van der Waals surface area contributed by atoms with Gasteiger partial charge < -0.3 is 0 Å². The Bertz CT molecular complexity index is 1120. The van der Waals surface area contributed by atoms with Gasteiger partial charge in [0.1, 0.15) is 0 Å². The second-order valence-electron chi connectivity index (χ2n) is 5.45. The van der Waals surface area contributed by atoms with Crippen molar-refractivity contribution in [2.24, 2.45) is 0 Å². The summed E-state index contributed by atoms with van der Waals surface area (Å²) in [5.74, 6) is -0.0959. The second kappa shape index (κ2) is 6.27. The van der Waals surface area contributed by atoms with Crippen LogP contribution >= 0.6 is 11.3 Å². The van der Waals surface area contributed by atoms with Crippen LogP contribution in [-0.4, -0.2) is 15.8 Å². The number of aromatic nitrogens is 2. The molecule has 4 rings (SSSR count). The Balaban J connectivity index is 1.93. The van der Waals surface area contributed by atoms with E-state index in [1.807, 2.05) is 30.3 Å². The van der Waals surface area contributed by atoms with Gasteiger partial charge in [0.25, 0.3) is 0 Å². The van der Waals surface area contributed by atoms with Crippen LogP contribution in [0.5, 0.6) is 0 Å². The Hall–Kier alpha value is -3.36. The molecule has 0 aliphatic rings. The minimum absolute atomic E-state index is 0.0959. The highest BCUT2D eigenvalue weighted by Crippen LogP contribution is 2.31. The summed E-state index contributed by atoms with van der Waals surface area (Å²) in [7, 11) is 0. The van der Waals surface area contributed by atoms with E-state index in [-0.39, 0.29) is 5.78 Å². The number of hydrogen-bond acceptors (Lipinski definition) is 5. The first-order chi connectivity index (χ1) is 12.3. The van der Waals surface area contributed by atoms with E-state index in [1.54, 1.807) is 36.1 Å². The van der Waals surface area contributed by atoms with Gasteiger partial charge in [0, 0.05) is 34.5 Å². The van der Waals surface area contributed by atoms with Gasteiger partial charge in [-0.2, -0.15) is 5.26 Å². The molecule has 2 heterocycles. The van der Waals surface area contributed by atoms with Gasteiger partial charge in [-0.15, -0.1) is 11.3 Å². The first-order valence-corrected chi connectivity index (χ1v) is 8.47. The number of fused-ring (bicyclic) bond motifs is 1. The third kappa shape index (κ3) is 2.69. The zero-order valence-electron chi connectivity index (χ0n) is 13.0. The average Bonchev–Trinajstić information content (AvgIpc) is 3.21. The molecule has 5 heteroatoms. The van der Waals surface area contributed by atoms with Gasteiger partial charge in [0.2, 0.25) is 5.78 Å². The monoisotopic (exact) mass is 341 g/mol. The standard InChI is InChI=1S/C20H11N3OS/c21-10-15-7-6-14(20(24)18-11-22-12-25-18)9-17(15)16-5-1-3-13-4-2-8-23-19(13)16/h1-9,11-12H. The van der Waals surface area contributed by atoms with Crippen LogP contribution in [0, 0.1) is 11.3 Å². The molecule has 25 heavy (non-hydrogen) atoms. The molecule has 0 aliphatic heterocycles. The number of hydrogen-bond donors (Lipinski definition) is 0. The van der Waals surface area contributed by atoms with Crippen molar-refractivity contribution in [3.63, 3.8) is 0 Å². The Morgan fingerprint density at radius 3 is 2.76 bits per heavy atom. The molecule has 118 valence electrons. The molecule has 0 saturated carbocycles. The van der Waals surface area contributed by atoms with Gasteiger partial charge in [-0.1, -0.05) is 24.3 Å². The summed E-state index contributed by atoms with van der Waals surface area (Å²) < 4.78 is 0. The number of nitrogens with zero attached hydrogens (tertiary/aromatic N) is 3. The fourth-order valence-corrected chi connectivity index (χ4v) is 3.38. The summed E-state index contributed by atoms with van der Waals surface area (Å²) in [5, 5.41) is 10.5. The van der Waals surface area contributed by atoms with Gasteiger partial charge in [-0.05, 0) is 24.3 Å². The highest BCUT2D eigenvalue weighted by molar-refractivity contribution is 7.11. The normalized spacial score (nSPS) is 10.5. The van der Waals surface area contributed by atoms with E-state index in [0.717, 1.165) is 16.5 Å². The average molecular weight is 341 g/mol. The zero-order valence-corrected chi connectivity index (χ0v) is 13.8. The molecule has 2 aromatic heterocycles. The topological polar surface area (TPSA) is 66.6 Å². The highest BCUT2D eigenvalue weighted by Gasteiger charge is 2.15. The van der Waals surface area contributed by atoms with Crippen LogP contribution in [0.1, 0.15) is 20.8 Å². The lowest BCUT2D eigenvalue weighted by atomic mass is 9.94. The number of pyridine rings is 1. The first-order valence-electron chi connectivity index (χ1n) is 7.59. The van der Waals surface area contributed by atoms with E-state index in [2.05, 4.69) is 16.0 Å². The van der Waals surface area contributed by atoms with Crippen LogP contribution in [0.25, 0.3) is 22.0 Å². The van der Waals surface area contributed by atoms with Crippen LogP contribution in [-0.2, 0) is 0 Å². The van der Waals surface area contributed by atoms with Crippen LogP contribution in [0.4, 0.5) is 0 Å². The fourth-order valence-electron chi connectivity index (χ4n) is 2.80. The highest BCUT2D eigenvalue weighted by atomic mass is 32.1. The lowest BCUT2D eigenvalue weighted by Crippen LogP contribution is -2.00. The lowest BCUT2D eigenvalue weighted by molar-refractivity contribution is 0.104. The molecule has 0 radical (unpaired) electrons. The number of carbonyl (C=O) groups is 1. The number of thiazole rings is 1. The van der Waals surface area contributed by atoms with Gasteiger partial charge in [0.15, 0.2) is 0 Å². The molecule has 4 aromatic rings. The summed E-state index contributed by atoms with van der Waals surface area (Å²) >= 11 is 1.30. The Morgan fingerprint density at radius 1 is 1.08 bits per heavy atom. The SMILES string of the molecule is N#Cc1ccc(C(=O)c2cncs2)cc1-c1cccc2cccnc12.